The molecule has 5 nitrogen and oxygen atoms in total. The van der Waals surface area contributed by atoms with Crippen molar-refractivity contribution < 1.29 is 9.59 Å². The molecule has 0 aromatic rings. The Morgan fingerprint density at radius 1 is 1.00 bits per heavy atom. The lowest BCUT2D eigenvalue weighted by atomic mass is 9.89. The number of carbonyl (C=O) groups excluding carboxylic acids is 2. The molecule has 1 N–H and O–H groups in total. The van der Waals surface area contributed by atoms with Gasteiger partial charge >= 0.3 is 6.03 Å². The van der Waals surface area contributed by atoms with Crippen molar-refractivity contribution in [3.05, 3.63) is 0 Å². The smallest absolute Gasteiger partial charge is 0.320 e. The minimum Gasteiger partial charge on any atom is -0.359 e. The molecule has 2 saturated heterocycles. The van der Waals surface area contributed by atoms with E-state index in [0.717, 1.165) is 32.4 Å². The van der Waals surface area contributed by atoms with Gasteiger partial charge in [-0.1, -0.05) is 12.8 Å². The standard InChI is InChI=1S/C14H25N3O2/c1-14(12(18)15-2)7-10-17(11-14)13(19)16-8-5-3-4-6-9-16/h3-11H2,1-2H3,(H,15,18). The van der Waals surface area contributed by atoms with Gasteiger partial charge in [0.25, 0.3) is 0 Å². The number of likely N-dealkylation sites (tertiary alicyclic amines) is 2. The van der Waals surface area contributed by atoms with E-state index in [-0.39, 0.29) is 11.9 Å². The molecule has 0 radical (unpaired) electrons. The second kappa shape index (κ2) is 5.80. The predicted octanol–water partition coefficient (Wildman–Crippen LogP) is 1.44. The number of amides is 3. The highest BCUT2D eigenvalue weighted by atomic mass is 16.2. The Kier molecular flexibility index (Phi) is 4.32. The minimum atomic E-state index is -0.420. The van der Waals surface area contributed by atoms with Gasteiger partial charge < -0.3 is 15.1 Å². The quantitative estimate of drug-likeness (QED) is 0.781. The van der Waals surface area contributed by atoms with E-state index in [4.69, 9.17) is 0 Å². The van der Waals surface area contributed by atoms with Gasteiger partial charge in [0.15, 0.2) is 0 Å². The van der Waals surface area contributed by atoms with Crippen LogP contribution >= 0.6 is 0 Å². The van der Waals surface area contributed by atoms with Crippen LogP contribution in [0.15, 0.2) is 0 Å². The topological polar surface area (TPSA) is 52.7 Å². The number of nitrogens with one attached hydrogen (secondary N) is 1. The second-order valence-corrected chi connectivity index (χ2v) is 6.00. The highest BCUT2D eigenvalue weighted by Gasteiger charge is 2.42. The molecule has 2 fully saturated rings. The van der Waals surface area contributed by atoms with Crippen molar-refractivity contribution in [3.8, 4) is 0 Å². The van der Waals surface area contributed by atoms with Crippen molar-refractivity contribution in [3.63, 3.8) is 0 Å². The molecule has 0 saturated carbocycles. The van der Waals surface area contributed by atoms with Crippen LogP contribution in [0.2, 0.25) is 0 Å². The molecule has 19 heavy (non-hydrogen) atoms. The van der Waals surface area contributed by atoms with Gasteiger partial charge in [0.05, 0.1) is 5.41 Å². The Balaban J connectivity index is 1.96. The van der Waals surface area contributed by atoms with Crippen molar-refractivity contribution in [2.45, 2.75) is 39.0 Å². The first kappa shape index (κ1) is 14.2. The van der Waals surface area contributed by atoms with Crippen LogP contribution in [-0.4, -0.2) is 55.0 Å². The predicted molar refractivity (Wildman–Crippen MR) is 73.8 cm³/mol. The monoisotopic (exact) mass is 267 g/mol. The normalized spacial score (nSPS) is 28.1. The third-order valence-corrected chi connectivity index (χ3v) is 4.40. The fourth-order valence-corrected chi connectivity index (χ4v) is 3.07. The van der Waals surface area contributed by atoms with Gasteiger partial charge in [0, 0.05) is 33.2 Å². The zero-order chi connectivity index (χ0) is 13.9. The molecular formula is C14H25N3O2. The summed E-state index contributed by atoms with van der Waals surface area (Å²) in [4.78, 5) is 28.2. The molecule has 5 heteroatoms. The lowest BCUT2D eigenvalue weighted by Crippen LogP contribution is -2.45. The zero-order valence-electron chi connectivity index (χ0n) is 12.1. The maximum Gasteiger partial charge on any atom is 0.320 e. The van der Waals surface area contributed by atoms with Crippen LogP contribution in [0.1, 0.15) is 39.0 Å². The molecule has 2 aliphatic rings. The van der Waals surface area contributed by atoms with E-state index in [1.165, 1.54) is 12.8 Å². The van der Waals surface area contributed by atoms with Crippen molar-refractivity contribution in [2.24, 2.45) is 5.41 Å². The number of carbonyl (C=O) groups is 2. The number of urea groups is 1. The van der Waals surface area contributed by atoms with Gasteiger partial charge in [-0.2, -0.15) is 0 Å². The molecular weight excluding hydrogens is 242 g/mol. The average Bonchev–Trinajstić information content (AvgIpc) is 2.66. The molecule has 1 atom stereocenters. The minimum absolute atomic E-state index is 0.0404. The summed E-state index contributed by atoms with van der Waals surface area (Å²) in [6, 6.07) is 0.120. The summed E-state index contributed by atoms with van der Waals surface area (Å²) < 4.78 is 0. The molecule has 0 aromatic carbocycles. The summed E-state index contributed by atoms with van der Waals surface area (Å²) in [7, 11) is 1.66. The van der Waals surface area contributed by atoms with Gasteiger partial charge in [-0.25, -0.2) is 4.79 Å². The van der Waals surface area contributed by atoms with E-state index < -0.39 is 5.41 Å². The number of rotatable bonds is 1. The third kappa shape index (κ3) is 3.01. The molecule has 0 bridgehead atoms. The number of hydrogen-bond donors (Lipinski definition) is 1. The van der Waals surface area contributed by atoms with Gasteiger partial charge in [0.1, 0.15) is 0 Å². The van der Waals surface area contributed by atoms with Crippen molar-refractivity contribution in [1.29, 1.82) is 0 Å². The molecule has 2 heterocycles. The van der Waals surface area contributed by atoms with E-state index in [1.54, 1.807) is 7.05 Å². The Hall–Kier alpha value is -1.26. The van der Waals surface area contributed by atoms with E-state index in [2.05, 4.69) is 5.32 Å². The van der Waals surface area contributed by atoms with Crippen LogP contribution in [0.3, 0.4) is 0 Å². The van der Waals surface area contributed by atoms with Crippen LogP contribution in [0.5, 0.6) is 0 Å². The van der Waals surface area contributed by atoms with Crippen LogP contribution in [0, 0.1) is 5.41 Å². The SMILES string of the molecule is CNC(=O)C1(C)CCN(C(=O)N2CCCCCC2)C1. The Labute approximate surface area is 115 Å². The number of hydrogen-bond acceptors (Lipinski definition) is 2. The fraction of sp³-hybridized carbons (Fsp3) is 0.857. The average molecular weight is 267 g/mol. The summed E-state index contributed by atoms with van der Waals surface area (Å²) in [5, 5.41) is 2.71. The van der Waals surface area contributed by atoms with Crippen molar-refractivity contribution in [2.75, 3.05) is 33.2 Å². The van der Waals surface area contributed by atoms with E-state index in [9.17, 15) is 9.59 Å². The first-order valence-corrected chi connectivity index (χ1v) is 7.33. The van der Waals surface area contributed by atoms with E-state index in [1.807, 2.05) is 16.7 Å². The number of nitrogens with zero attached hydrogens (tertiary/aromatic N) is 2. The Morgan fingerprint density at radius 2 is 1.63 bits per heavy atom. The van der Waals surface area contributed by atoms with Crippen molar-refractivity contribution >= 4 is 11.9 Å². The largest absolute Gasteiger partial charge is 0.359 e. The summed E-state index contributed by atoms with van der Waals surface area (Å²) in [5.41, 5.74) is -0.420. The molecule has 0 spiro atoms. The van der Waals surface area contributed by atoms with E-state index >= 15 is 0 Å². The van der Waals surface area contributed by atoms with Crippen LogP contribution < -0.4 is 5.32 Å². The van der Waals surface area contributed by atoms with Crippen LogP contribution in [-0.2, 0) is 4.79 Å². The van der Waals surface area contributed by atoms with Crippen LogP contribution in [0.25, 0.3) is 0 Å². The van der Waals surface area contributed by atoms with E-state index in [0.29, 0.717) is 13.1 Å². The highest BCUT2D eigenvalue weighted by Crippen LogP contribution is 2.31. The summed E-state index contributed by atoms with van der Waals surface area (Å²) in [6.45, 7) is 4.92. The van der Waals surface area contributed by atoms with Crippen LogP contribution in [0.4, 0.5) is 4.79 Å². The Bertz CT molecular complexity index is 351. The first-order chi connectivity index (χ1) is 9.07. The maximum absolute atomic E-state index is 12.5. The highest BCUT2D eigenvalue weighted by molar-refractivity contribution is 5.84. The molecule has 2 rings (SSSR count). The molecule has 108 valence electrons. The lowest BCUT2D eigenvalue weighted by Gasteiger charge is -2.28. The molecule has 1 unspecified atom stereocenters. The molecule has 3 amide bonds. The molecule has 0 aromatic heterocycles. The second-order valence-electron chi connectivity index (χ2n) is 6.00. The summed E-state index contributed by atoms with van der Waals surface area (Å²) in [5.74, 6) is 0.0404. The first-order valence-electron chi connectivity index (χ1n) is 7.33. The van der Waals surface area contributed by atoms with Gasteiger partial charge in [-0.05, 0) is 26.2 Å². The van der Waals surface area contributed by atoms with Crippen molar-refractivity contribution in [1.82, 2.24) is 15.1 Å². The lowest BCUT2D eigenvalue weighted by molar-refractivity contribution is -0.128. The Morgan fingerprint density at radius 3 is 2.21 bits per heavy atom. The van der Waals surface area contributed by atoms with Gasteiger partial charge in [-0.15, -0.1) is 0 Å². The molecule has 2 aliphatic heterocycles. The summed E-state index contributed by atoms with van der Waals surface area (Å²) >= 11 is 0. The maximum atomic E-state index is 12.5. The third-order valence-electron chi connectivity index (χ3n) is 4.40. The summed E-state index contributed by atoms with van der Waals surface area (Å²) in [6.07, 6.45) is 5.41. The van der Waals surface area contributed by atoms with Gasteiger partial charge in [0.2, 0.25) is 5.91 Å². The zero-order valence-corrected chi connectivity index (χ0v) is 12.1. The molecule has 0 aliphatic carbocycles. The fourth-order valence-electron chi connectivity index (χ4n) is 3.07. The van der Waals surface area contributed by atoms with Gasteiger partial charge in [-0.3, -0.25) is 4.79 Å².